The summed E-state index contributed by atoms with van der Waals surface area (Å²) in [6.45, 7) is 7.28. The Kier molecular flexibility index (Phi) is 6.67. The van der Waals surface area contributed by atoms with Gasteiger partial charge in [-0.3, -0.25) is 14.6 Å². The van der Waals surface area contributed by atoms with Gasteiger partial charge in [0, 0.05) is 37.7 Å². The molecule has 1 fully saturated rings. The topological polar surface area (TPSA) is 35.6 Å². The van der Waals surface area contributed by atoms with Crippen LogP contribution in [0.4, 0.5) is 0 Å². The van der Waals surface area contributed by atoms with Crippen LogP contribution in [0, 0.1) is 0 Å². The molecule has 1 N–H and O–H groups in total. The van der Waals surface area contributed by atoms with Crippen molar-refractivity contribution in [3.8, 4) is 0 Å². The van der Waals surface area contributed by atoms with Gasteiger partial charge in [-0.15, -0.1) is 0 Å². The number of nitrogens with one attached hydrogen (secondary N) is 1. The fourth-order valence-electron chi connectivity index (χ4n) is 3.27. The van der Waals surface area contributed by atoms with Gasteiger partial charge in [-0.1, -0.05) is 54.1 Å². The highest BCUT2D eigenvalue weighted by molar-refractivity contribution is 6.30. The Morgan fingerprint density at radius 2 is 1.62 bits per heavy atom. The van der Waals surface area contributed by atoms with Crippen LogP contribution in [0.1, 0.15) is 24.1 Å². The summed E-state index contributed by atoms with van der Waals surface area (Å²) in [5.74, 6) is 0.0731. The summed E-state index contributed by atoms with van der Waals surface area (Å²) < 4.78 is 0. The fraction of sp³-hybridized carbons (Fsp3) is 0.381. The molecule has 1 aliphatic rings. The zero-order chi connectivity index (χ0) is 18.4. The predicted molar refractivity (Wildman–Crippen MR) is 106 cm³/mol. The van der Waals surface area contributed by atoms with E-state index in [0.29, 0.717) is 11.6 Å². The summed E-state index contributed by atoms with van der Waals surface area (Å²) in [5, 5.41) is 3.79. The molecule has 2 aromatic carbocycles. The van der Waals surface area contributed by atoms with E-state index in [1.165, 1.54) is 5.56 Å². The van der Waals surface area contributed by atoms with Gasteiger partial charge in [-0.2, -0.15) is 0 Å². The largest absolute Gasteiger partial charge is 0.348 e. The summed E-state index contributed by atoms with van der Waals surface area (Å²) in [7, 11) is 0. The molecule has 0 radical (unpaired) electrons. The maximum Gasteiger partial charge on any atom is 0.234 e. The number of hydrogen-bond donors (Lipinski definition) is 1. The molecule has 0 aromatic heterocycles. The van der Waals surface area contributed by atoms with Crippen molar-refractivity contribution in [3.63, 3.8) is 0 Å². The molecule has 3 rings (SSSR count). The van der Waals surface area contributed by atoms with Crippen LogP contribution < -0.4 is 5.32 Å². The number of carbonyl (C=O) groups is 1. The van der Waals surface area contributed by atoms with E-state index < -0.39 is 0 Å². The van der Waals surface area contributed by atoms with E-state index in [9.17, 15) is 4.79 Å². The Bertz CT molecular complexity index is 697. The predicted octanol–water partition coefficient (Wildman–Crippen LogP) is 3.34. The van der Waals surface area contributed by atoms with E-state index in [2.05, 4.69) is 39.4 Å². The number of benzene rings is 2. The average Bonchev–Trinajstić information content (AvgIpc) is 2.64. The van der Waals surface area contributed by atoms with Crippen molar-refractivity contribution in [1.29, 1.82) is 0 Å². The number of piperazine rings is 1. The molecule has 5 heteroatoms. The Morgan fingerprint density at radius 1 is 1.00 bits per heavy atom. The van der Waals surface area contributed by atoms with Crippen LogP contribution in [0.3, 0.4) is 0 Å². The minimum atomic E-state index is -0.0147. The molecule has 138 valence electrons. The van der Waals surface area contributed by atoms with Crippen LogP contribution in [0.2, 0.25) is 5.02 Å². The van der Waals surface area contributed by atoms with Crippen LogP contribution in [-0.2, 0) is 11.3 Å². The van der Waals surface area contributed by atoms with Gasteiger partial charge in [0.25, 0.3) is 0 Å². The average molecular weight is 372 g/mol. The van der Waals surface area contributed by atoms with Gasteiger partial charge >= 0.3 is 0 Å². The molecule has 1 amide bonds. The van der Waals surface area contributed by atoms with Crippen LogP contribution in [0.25, 0.3) is 0 Å². The van der Waals surface area contributed by atoms with Crippen molar-refractivity contribution in [2.45, 2.75) is 19.5 Å². The van der Waals surface area contributed by atoms with Crippen LogP contribution in [-0.4, -0.2) is 48.4 Å². The minimum Gasteiger partial charge on any atom is -0.348 e. The maximum atomic E-state index is 12.3. The van der Waals surface area contributed by atoms with Gasteiger partial charge in [0.05, 0.1) is 12.6 Å². The highest BCUT2D eigenvalue weighted by Crippen LogP contribution is 2.16. The molecule has 0 saturated carbocycles. The molecule has 2 aromatic rings. The number of hydrogen-bond acceptors (Lipinski definition) is 3. The number of amides is 1. The molecule has 1 heterocycles. The Morgan fingerprint density at radius 3 is 2.27 bits per heavy atom. The second-order valence-electron chi connectivity index (χ2n) is 6.88. The smallest absolute Gasteiger partial charge is 0.234 e. The lowest BCUT2D eigenvalue weighted by Crippen LogP contribution is -2.49. The Hall–Kier alpha value is -1.88. The number of nitrogens with zero attached hydrogens (tertiary/aromatic N) is 2. The highest BCUT2D eigenvalue weighted by Gasteiger charge is 2.19. The van der Waals surface area contributed by atoms with E-state index in [-0.39, 0.29) is 11.9 Å². The van der Waals surface area contributed by atoms with Gasteiger partial charge in [0.15, 0.2) is 0 Å². The van der Waals surface area contributed by atoms with E-state index in [4.69, 9.17) is 11.6 Å². The molecule has 1 aliphatic heterocycles. The van der Waals surface area contributed by atoms with Crippen molar-refractivity contribution in [2.24, 2.45) is 0 Å². The third-order valence-corrected chi connectivity index (χ3v) is 5.08. The second-order valence-corrected chi connectivity index (χ2v) is 7.32. The Balaban J connectivity index is 1.41. The second kappa shape index (κ2) is 9.17. The number of rotatable bonds is 6. The maximum absolute atomic E-state index is 12.3. The molecule has 0 unspecified atom stereocenters. The van der Waals surface area contributed by atoms with Gasteiger partial charge in [0.2, 0.25) is 5.91 Å². The van der Waals surface area contributed by atoms with Gasteiger partial charge < -0.3 is 5.32 Å². The van der Waals surface area contributed by atoms with Crippen LogP contribution in [0.15, 0.2) is 54.6 Å². The number of carbonyl (C=O) groups excluding carboxylic acids is 1. The van der Waals surface area contributed by atoms with E-state index in [0.717, 1.165) is 38.3 Å². The van der Waals surface area contributed by atoms with Gasteiger partial charge in [-0.05, 0) is 30.2 Å². The molecule has 4 nitrogen and oxygen atoms in total. The lowest BCUT2D eigenvalue weighted by molar-refractivity contribution is -0.123. The first kappa shape index (κ1) is 18.9. The molecular formula is C21H26ClN3O. The lowest BCUT2D eigenvalue weighted by Gasteiger charge is -2.34. The fourth-order valence-corrected chi connectivity index (χ4v) is 3.40. The van der Waals surface area contributed by atoms with E-state index in [1.807, 2.05) is 37.3 Å². The van der Waals surface area contributed by atoms with Gasteiger partial charge in [-0.25, -0.2) is 0 Å². The monoisotopic (exact) mass is 371 g/mol. The first-order valence-corrected chi connectivity index (χ1v) is 9.51. The van der Waals surface area contributed by atoms with Crippen molar-refractivity contribution in [3.05, 3.63) is 70.7 Å². The van der Waals surface area contributed by atoms with Crippen LogP contribution >= 0.6 is 11.6 Å². The SMILES string of the molecule is C[C@H](NC(=O)CN1CCN(Cc2ccccc2)CC1)c1ccc(Cl)cc1. The molecular weight excluding hydrogens is 346 g/mol. The lowest BCUT2D eigenvalue weighted by atomic mass is 10.1. The standard InChI is InChI=1S/C21H26ClN3O/c1-17(19-7-9-20(22)10-8-19)23-21(26)16-25-13-11-24(12-14-25)15-18-5-3-2-4-6-18/h2-10,17H,11-16H2,1H3,(H,23,26)/t17-/m0/s1. The summed E-state index contributed by atoms with van der Waals surface area (Å²) in [6, 6.07) is 18.1. The van der Waals surface area contributed by atoms with Crippen molar-refractivity contribution in [2.75, 3.05) is 32.7 Å². The molecule has 26 heavy (non-hydrogen) atoms. The third-order valence-electron chi connectivity index (χ3n) is 4.83. The highest BCUT2D eigenvalue weighted by atomic mass is 35.5. The summed E-state index contributed by atoms with van der Waals surface area (Å²) >= 11 is 5.92. The first-order chi connectivity index (χ1) is 12.6. The summed E-state index contributed by atoms with van der Waals surface area (Å²) in [4.78, 5) is 17.0. The summed E-state index contributed by atoms with van der Waals surface area (Å²) in [5.41, 5.74) is 2.41. The number of halogens is 1. The van der Waals surface area contributed by atoms with Gasteiger partial charge in [0.1, 0.15) is 0 Å². The molecule has 1 atom stereocenters. The first-order valence-electron chi connectivity index (χ1n) is 9.13. The summed E-state index contributed by atoms with van der Waals surface area (Å²) in [6.07, 6.45) is 0. The zero-order valence-electron chi connectivity index (χ0n) is 15.2. The molecule has 1 saturated heterocycles. The van der Waals surface area contributed by atoms with Crippen LogP contribution in [0.5, 0.6) is 0 Å². The molecule has 0 spiro atoms. The van der Waals surface area contributed by atoms with Crippen molar-refractivity contribution in [1.82, 2.24) is 15.1 Å². The zero-order valence-corrected chi connectivity index (χ0v) is 16.0. The van der Waals surface area contributed by atoms with E-state index in [1.54, 1.807) is 0 Å². The normalized spacial score (nSPS) is 17.0. The quantitative estimate of drug-likeness (QED) is 0.846. The van der Waals surface area contributed by atoms with Crippen molar-refractivity contribution < 1.29 is 4.79 Å². The third kappa shape index (κ3) is 5.56. The molecule has 0 aliphatic carbocycles. The Labute approximate surface area is 160 Å². The van der Waals surface area contributed by atoms with Crippen molar-refractivity contribution >= 4 is 17.5 Å². The minimum absolute atomic E-state index is 0.0147. The van der Waals surface area contributed by atoms with E-state index >= 15 is 0 Å². The molecule has 0 bridgehead atoms.